The first kappa shape index (κ1) is 16.0. The summed E-state index contributed by atoms with van der Waals surface area (Å²) in [6.45, 7) is 5.66. The zero-order valence-corrected chi connectivity index (χ0v) is 12.4. The Hall–Kier alpha value is -0.330. The fourth-order valence-corrected chi connectivity index (χ4v) is 3.42. The molecule has 0 atom stereocenters. The summed E-state index contributed by atoms with van der Waals surface area (Å²) in [5, 5.41) is 3.57. The first-order valence-corrected chi connectivity index (χ1v) is 7.37. The van der Waals surface area contributed by atoms with Crippen LogP contribution in [0.5, 0.6) is 0 Å². The summed E-state index contributed by atoms with van der Waals surface area (Å²) in [6, 6.07) is 0. The Bertz CT molecular complexity index is 325. The number of halogens is 3. The van der Waals surface area contributed by atoms with Gasteiger partial charge < -0.3 is 10.1 Å². The third kappa shape index (κ3) is 4.09. The fourth-order valence-electron chi connectivity index (χ4n) is 3.42. The average molecular weight is 294 g/mol. The highest BCUT2D eigenvalue weighted by molar-refractivity contribution is 5.04. The summed E-state index contributed by atoms with van der Waals surface area (Å²) < 4.78 is 41.1. The minimum atomic E-state index is -4.23. The summed E-state index contributed by atoms with van der Waals surface area (Å²) in [6.07, 6.45) is 0.461. The van der Waals surface area contributed by atoms with E-state index in [1.807, 2.05) is 0 Å². The Morgan fingerprint density at radius 2 is 1.85 bits per heavy atom. The maximum atomic E-state index is 12.1. The summed E-state index contributed by atoms with van der Waals surface area (Å²) in [5.41, 5.74) is 0.148. The van der Waals surface area contributed by atoms with Gasteiger partial charge in [-0.25, -0.2) is 0 Å². The molecule has 1 aliphatic heterocycles. The highest BCUT2D eigenvalue weighted by Gasteiger charge is 2.45. The lowest BCUT2D eigenvalue weighted by Crippen LogP contribution is -2.67. The van der Waals surface area contributed by atoms with Gasteiger partial charge in [0.2, 0.25) is 0 Å². The average Bonchev–Trinajstić information content (AvgIpc) is 2.78. The van der Waals surface area contributed by atoms with E-state index in [1.54, 1.807) is 0 Å². The van der Waals surface area contributed by atoms with Crippen molar-refractivity contribution in [3.05, 3.63) is 0 Å². The molecule has 0 unspecified atom stereocenters. The van der Waals surface area contributed by atoms with Crippen molar-refractivity contribution in [2.24, 2.45) is 0 Å². The lowest BCUT2D eigenvalue weighted by Gasteiger charge is -2.51. The molecular weight excluding hydrogens is 269 g/mol. The van der Waals surface area contributed by atoms with Gasteiger partial charge in [-0.2, -0.15) is 13.2 Å². The monoisotopic (exact) mass is 294 g/mol. The topological polar surface area (TPSA) is 24.5 Å². The van der Waals surface area contributed by atoms with Gasteiger partial charge in [0.1, 0.15) is 6.61 Å². The van der Waals surface area contributed by atoms with E-state index in [0.29, 0.717) is 6.54 Å². The Morgan fingerprint density at radius 1 is 1.20 bits per heavy atom. The molecular formula is C14H25F3N2O. The van der Waals surface area contributed by atoms with Gasteiger partial charge in [0.15, 0.2) is 0 Å². The summed E-state index contributed by atoms with van der Waals surface area (Å²) >= 11 is 0. The smallest absolute Gasteiger partial charge is 0.371 e. The predicted molar refractivity (Wildman–Crippen MR) is 71.7 cm³/mol. The van der Waals surface area contributed by atoms with Gasteiger partial charge >= 0.3 is 6.18 Å². The molecule has 1 saturated carbocycles. The van der Waals surface area contributed by atoms with Crippen LogP contribution in [0.4, 0.5) is 13.2 Å². The third-order valence-electron chi connectivity index (χ3n) is 4.46. The molecule has 1 heterocycles. The van der Waals surface area contributed by atoms with Gasteiger partial charge in [-0.1, -0.05) is 12.8 Å². The predicted octanol–water partition coefficient (Wildman–Crippen LogP) is 2.56. The van der Waals surface area contributed by atoms with Crippen LogP contribution < -0.4 is 5.32 Å². The molecule has 2 fully saturated rings. The normalized spacial score (nSPS) is 26.2. The van der Waals surface area contributed by atoms with Crippen molar-refractivity contribution in [1.29, 1.82) is 0 Å². The molecule has 1 aliphatic carbocycles. The zero-order chi connectivity index (χ0) is 14.9. The number of hydrogen-bond donors (Lipinski definition) is 1. The van der Waals surface area contributed by atoms with Crippen molar-refractivity contribution in [1.82, 2.24) is 10.2 Å². The molecule has 0 amide bonds. The lowest BCUT2D eigenvalue weighted by atomic mass is 9.87. The van der Waals surface area contributed by atoms with E-state index in [9.17, 15) is 13.2 Å². The van der Waals surface area contributed by atoms with Gasteiger partial charge in [0.25, 0.3) is 0 Å². The number of rotatable bonds is 4. The maximum absolute atomic E-state index is 12.1. The minimum Gasteiger partial charge on any atom is -0.371 e. The van der Waals surface area contributed by atoms with Crippen LogP contribution in [-0.2, 0) is 4.74 Å². The van der Waals surface area contributed by atoms with Crippen LogP contribution in [0.15, 0.2) is 0 Å². The largest absolute Gasteiger partial charge is 0.411 e. The molecule has 0 aromatic heterocycles. The number of nitrogens with zero attached hydrogens (tertiary/aromatic N) is 1. The second-order valence-electron chi connectivity index (χ2n) is 6.76. The highest BCUT2D eigenvalue weighted by atomic mass is 19.4. The second-order valence-corrected chi connectivity index (χ2v) is 6.76. The number of ether oxygens (including phenoxy) is 1. The van der Waals surface area contributed by atoms with E-state index in [4.69, 9.17) is 4.74 Å². The van der Waals surface area contributed by atoms with Crippen molar-refractivity contribution in [2.75, 3.05) is 32.8 Å². The molecule has 20 heavy (non-hydrogen) atoms. The Balaban J connectivity index is 1.88. The number of nitrogens with one attached hydrogen (secondary N) is 1. The van der Waals surface area contributed by atoms with Gasteiger partial charge in [-0.15, -0.1) is 0 Å². The molecule has 0 bridgehead atoms. The van der Waals surface area contributed by atoms with E-state index in [2.05, 4.69) is 24.1 Å². The quantitative estimate of drug-likeness (QED) is 0.807. The number of hydrogen-bond acceptors (Lipinski definition) is 3. The fraction of sp³-hybridized carbons (Fsp3) is 1.00. The van der Waals surface area contributed by atoms with E-state index in [1.165, 1.54) is 12.8 Å². The third-order valence-corrected chi connectivity index (χ3v) is 4.46. The number of alkyl halides is 3. The summed E-state index contributed by atoms with van der Waals surface area (Å²) in [4.78, 5) is 2.35. The van der Waals surface area contributed by atoms with Gasteiger partial charge in [0, 0.05) is 30.7 Å². The minimum absolute atomic E-state index is 0.0118. The van der Waals surface area contributed by atoms with Crippen molar-refractivity contribution < 1.29 is 17.9 Å². The second kappa shape index (κ2) is 5.81. The molecule has 118 valence electrons. The molecule has 1 saturated heterocycles. The van der Waals surface area contributed by atoms with E-state index >= 15 is 0 Å². The highest BCUT2D eigenvalue weighted by Crippen LogP contribution is 2.38. The summed E-state index contributed by atoms with van der Waals surface area (Å²) in [5.74, 6) is 0. The van der Waals surface area contributed by atoms with Crippen LogP contribution in [0, 0.1) is 0 Å². The first-order chi connectivity index (χ1) is 9.23. The van der Waals surface area contributed by atoms with Crippen molar-refractivity contribution in [3.63, 3.8) is 0 Å². The molecule has 1 spiro atoms. The Labute approximate surface area is 118 Å². The molecule has 0 aromatic rings. The summed E-state index contributed by atoms with van der Waals surface area (Å²) in [7, 11) is 0. The van der Waals surface area contributed by atoms with Crippen LogP contribution in [0.2, 0.25) is 0 Å². The van der Waals surface area contributed by atoms with Gasteiger partial charge in [-0.3, -0.25) is 4.90 Å². The van der Waals surface area contributed by atoms with Crippen molar-refractivity contribution in [2.45, 2.75) is 56.8 Å². The van der Waals surface area contributed by atoms with Gasteiger partial charge in [-0.05, 0) is 26.7 Å². The first-order valence-electron chi connectivity index (χ1n) is 7.37. The van der Waals surface area contributed by atoms with Gasteiger partial charge in [0.05, 0.1) is 6.61 Å². The van der Waals surface area contributed by atoms with Crippen molar-refractivity contribution in [3.8, 4) is 0 Å². The van der Waals surface area contributed by atoms with Crippen LogP contribution in [0.1, 0.15) is 39.5 Å². The molecule has 1 N–H and O–H groups in total. The molecule has 2 rings (SSSR count). The SMILES string of the molecule is CC1(C)CN(CCOCC(F)(F)F)C2(CCCC2)CN1. The molecule has 2 aliphatic rings. The molecule has 0 aromatic carbocycles. The standard InChI is InChI=1S/C14H25F3N2O/c1-12(2)10-19(7-8-20-11-14(15,16)17)13(9-18-12)5-3-4-6-13/h18H,3-11H2,1-2H3. The van der Waals surface area contributed by atoms with Crippen LogP contribution in [0.3, 0.4) is 0 Å². The van der Waals surface area contributed by atoms with E-state index in [0.717, 1.165) is 25.9 Å². The van der Waals surface area contributed by atoms with E-state index < -0.39 is 12.8 Å². The lowest BCUT2D eigenvalue weighted by molar-refractivity contribution is -0.175. The van der Waals surface area contributed by atoms with Crippen molar-refractivity contribution >= 4 is 0 Å². The maximum Gasteiger partial charge on any atom is 0.411 e. The molecule has 3 nitrogen and oxygen atoms in total. The Morgan fingerprint density at radius 3 is 2.45 bits per heavy atom. The van der Waals surface area contributed by atoms with E-state index in [-0.39, 0.29) is 17.7 Å². The van der Waals surface area contributed by atoms with Crippen LogP contribution in [-0.4, -0.2) is 55.0 Å². The number of piperazine rings is 1. The molecule has 0 radical (unpaired) electrons. The van der Waals surface area contributed by atoms with Crippen LogP contribution in [0.25, 0.3) is 0 Å². The zero-order valence-electron chi connectivity index (χ0n) is 12.4. The van der Waals surface area contributed by atoms with Crippen LogP contribution >= 0.6 is 0 Å². The molecule has 6 heteroatoms. The Kier molecular flexibility index (Phi) is 4.66.